The van der Waals surface area contributed by atoms with Crippen molar-refractivity contribution in [1.29, 1.82) is 0 Å². The fourth-order valence-electron chi connectivity index (χ4n) is 4.25. The van der Waals surface area contributed by atoms with Gasteiger partial charge in [0.25, 0.3) is 0 Å². The third kappa shape index (κ3) is 2.55. The molecule has 2 aliphatic rings. The molecule has 15 heavy (non-hydrogen) atoms. The van der Waals surface area contributed by atoms with Gasteiger partial charge in [-0.05, 0) is 56.5 Å². The van der Waals surface area contributed by atoms with Gasteiger partial charge in [0.2, 0.25) is 0 Å². The maximum atomic E-state index is 2.53. The summed E-state index contributed by atoms with van der Waals surface area (Å²) in [5, 5.41) is 0. The molecule has 2 fully saturated rings. The summed E-state index contributed by atoms with van der Waals surface area (Å²) < 4.78 is 0. The monoisotopic (exact) mass is 209 g/mol. The standard InChI is InChI=1S/C14H27N/c1-4-15(3)11-14-7-5-6-13(10-14)8-12(2)9-14/h12-13H,4-11H2,1-3H3/t12-,13?,14?/m0/s1. The molecule has 0 heterocycles. The van der Waals surface area contributed by atoms with Gasteiger partial charge in [-0.1, -0.05) is 26.7 Å². The molecule has 0 aromatic rings. The van der Waals surface area contributed by atoms with Crippen molar-refractivity contribution < 1.29 is 0 Å². The zero-order valence-corrected chi connectivity index (χ0v) is 10.8. The molecule has 0 aromatic carbocycles. The minimum atomic E-state index is 0.700. The Kier molecular flexibility index (Phi) is 3.39. The van der Waals surface area contributed by atoms with Gasteiger partial charge in [-0.15, -0.1) is 0 Å². The third-order valence-electron chi connectivity index (χ3n) is 4.70. The summed E-state index contributed by atoms with van der Waals surface area (Å²) in [6, 6.07) is 0. The highest BCUT2D eigenvalue weighted by molar-refractivity contribution is 4.94. The average Bonchev–Trinajstić information content (AvgIpc) is 2.15. The van der Waals surface area contributed by atoms with Crippen molar-refractivity contribution in [3.63, 3.8) is 0 Å². The first-order valence-corrected chi connectivity index (χ1v) is 6.82. The summed E-state index contributed by atoms with van der Waals surface area (Å²) in [4.78, 5) is 2.53. The van der Waals surface area contributed by atoms with Gasteiger partial charge >= 0.3 is 0 Å². The first-order chi connectivity index (χ1) is 7.13. The van der Waals surface area contributed by atoms with Crippen LogP contribution in [-0.4, -0.2) is 25.0 Å². The van der Waals surface area contributed by atoms with E-state index < -0.39 is 0 Å². The van der Waals surface area contributed by atoms with E-state index in [4.69, 9.17) is 0 Å². The lowest BCUT2D eigenvalue weighted by atomic mass is 9.59. The van der Waals surface area contributed by atoms with E-state index in [-0.39, 0.29) is 0 Å². The van der Waals surface area contributed by atoms with Gasteiger partial charge in [0.05, 0.1) is 0 Å². The number of rotatable bonds is 3. The quantitative estimate of drug-likeness (QED) is 0.687. The largest absolute Gasteiger partial charge is 0.306 e. The number of hydrogen-bond donors (Lipinski definition) is 0. The lowest BCUT2D eigenvalue weighted by Gasteiger charge is -2.49. The van der Waals surface area contributed by atoms with Gasteiger partial charge in [-0.3, -0.25) is 0 Å². The zero-order valence-electron chi connectivity index (χ0n) is 10.8. The smallest absolute Gasteiger partial charge is 0.00350 e. The van der Waals surface area contributed by atoms with Gasteiger partial charge in [0.1, 0.15) is 0 Å². The van der Waals surface area contributed by atoms with E-state index in [9.17, 15) is 0 Å². The van der Waals surface area contributed by atoms with Crippen LogP contribution in [0.5, 0.6) is 0 Å². The lowest BCUT2D eigenvalue weighted by Crippen LogP contribution is -2.43. The molecule has 0 spiro atoms. The minimum Gasteiger partial charge on any atom is -0.306 e. The molecule has 1 heteroatoms. The van der Waals surface area contributed by atoms with Crippen LogP contribution in [0.25, 0.3) is 0 Å². The van der Waals surface area contributed by atoms with Gasteiger partial charge < -0.3 is 4.90 Å². The molecule has 0 aromatic heterocycles. The fraction of sp³-hybridized carbons (Fsp3) is 1.00. The van der Waals surface area contributed by atoms with Crippen LogP contribution in [0.15, 0.2) is 0 Å². The van der Waals surface area contributed by atoms with E-state index in [2.05, 4.69) is 25.8 Å². The Morgan fingerprint density at radius 3 is 2.87 bits per heavy atom. The van der Waals surface area contributed by atoms with E-state index in [1.165, 1.54) is 51.6 Å². The molecular formula is C14H27N. The lowest BCUT2D eigenvalue weighted by molar-refractivity contribution is 0.0195. The van der Waals surface area contributed by atoms with Crippen LogP contribution in [0.3, 0.4) is 0 Å². The van der Waals surface area contributed by atoms with Crippen LogP contribution in [-0.2, 0) is 0 Å². The van der Waals surface area contributed by atoms with Crippen molar-refractivity contribution >= 4 is 0 Å². The molecule has 0 N–H and O–H groups in total. The van der Waals surface area contributed by atoms with E-state index in [1.807, 2.05) is 0 Å². The topological polar surface area (TPSA) is 3.24 Å². The molecule has 2 saturated carbocycles. The van der Waals surface area contributed by atoms with Crippen LogP contribution in [0.2, 0.25) is 0 Å². The summed E-state index contributed by atoms with van der Waals surface area (Å²) in [6.45, 7) is 7.31. The SMILES string of the molecule is CCN(C)CC12CCCC(C[C@H](C)C1)C2. The average molecular weight is 209 g/mol. The Labute approximate surface area is 95.2 Å². The van der Waals surface area contributed by atoms with Gasteiger partial charge in [-0.2, -0.15) is 0 Å². The summed E-state index contributed by atoms with van der Waals surface area (Å²) in [5.41, 5.74) is 0.700. The van der Waals surface area contributed by atoms with Crippen LogP contribution in [0.1, 0.15) is 52.4 Å². The first kappa shape index (κ1) is 11.4. The Bertz CT molecular complexity index is 209. The van der Waals surface area contributed by atoms with Gasteiger partial charge in [-0.25, -0.2) is 0 Å². The van der Waals surface area contributed by atoms with Crippen molar-refractivity contribution in [2.24, 2.45) is 17.3 Å². The first-order valence-electron chi connectivity index (χ1n) is 6.82. The Hall–Kier alpha value is -0.0400. The summed E-state index contributed by atoms with van der Waals surface area (Å²) in [7, 11) is 2.29. The van der Waals surface area contributed by atoms with Crippen molar-refractivity contribution in [3.05, 3.63) is 0 Å². The van der Waals surface area contributed by atoms with Crippen LogP contribution < -0.4 is 0 Å². The van der Waals surface area contributed by atoms with Crippen LogP contribution in [0, 0.1) is 17.3 Å². The normalized spacial score (nSPS) is 40.8. The predicted octanol–water partition coefficient (Wildman–Crippen LogP) is 3.54. The van der Waals surface area contributed by atoms with Crippen LogP contribution in [0.4, 0.5) is 0 Å². The fourth-order valence-corrected chi connectivity index (χ4v) is 4.25. The Morgan fingerprint density at radius 2 is 2.13 bits per heavy atom. The van der Waals surface area contributed by atoms with E-state index in [1.54, 1.807) is 0 Å². The summed E-state index contributed by atoms with van der Waals surface area (Å²) >= 11 is 0. The molecule has 0 radical (unpaired) electrons. The molecule has 88 valence electrons. The molecule has 2 unspecified atom stereocenters. The molecule has 1 nitrogen and oxygen atoms in total. The van der Waals surface area contributed by atoms with E-state index in [0.29, 0.717) is 5.41 Å². The predicted molar refractivity (Wildman–Crippen MR) is 66.0 cm³/mol. The van der Waals surface area contributed by atoms with Crippen molar-refractivity contribution in [2.75, 3.05) is 20.1 Å². The number of fused-ring (bicyclic) bond motifs is 2. The molecule has 0 aliphatic heterocycles. The van der Waals surface area contributed by atoms with Gasteiger partial charge in [0, 0.05) is 6.54 Å². The van der Waals surface area contributed by atoms with E-state index in [0.717, 1.165) is 11.8 Å². The second-order valence-electron chi connectivity index (χ2n) is 6.34. The van der Waals surface area contributed by atoms with Crippen molar-refractivity contribution in [3.8, 4) is 0 Å². The maximum Gasteiger partial charge on any atom is 0.00350 e. The minimum absolute atomic E-state index is 0.700. The highest BCUT2D eigenvalue weighted by atomic mass is 15.1. The second kappa shape index (κ2) is 4.45. The summed E-state index contributed by atoms with van der Waals surface area (Å²) in [6.07, 6.45) is 9.04. The third-order valence-corrected chi connectivity index (χ3v) is 4.70. The second-order valence-corrected chi connectivity index (χ2v) is 6.34. The molecule has 2 rings (SSSR count). The molecule has 0 amide bonds. The molecule has 3 atom stereocenters. The molecule has 2 bridgehead atoms. The molecule has 2 aliphatic carbocycles. The number of nitrogens with zero attached hydrogens (tertiary/aromatic N) is 1. The highest BCUT2D eigenvalue weighted by Gasteiger charge is 2.41. The van der Waals surface area contributed by atoms with Crippen LogP contribution >= 0.6 is 0 Å². The Morgan fingerprint density at radius 1 is 1.33 bits per heavy atom. The van der Waals surface area contributed by atoms with Gasteiger partial charge in [0.15, 0.2) is 0 Å². The molecular weight excluding hydrogens is 182 g/mol. The number of hydrogen-bond acceptors (Lipinski definition) is 1. The highest BCUT2D eigenvalue weighted by Crippen LogP contribution is 2.51. The van der Waals surface area contributed by atoms with Crippen molar-refractivity contribution in [2.45, 2.75) is 52.4 Å². The molecule has 0 saturated heterocycles. The van der Waals surface area contributed by atoms with E-state index >= 15 is 0 Å². The maximum absolute atomic E-state index is 2.53. The Balaban J connectivity index is 2.03. The van der Waals surface area contributed by atoms with Crippen molar-refractivity contribution in [1.82, 2.24) is 4.90 Å². The summed E-state index contributed by atoms with van der Waals surface area (Å²) in [5.74, 6) is 2.04. The zero-order chi connectivity index (χ0) is 10.9.